The molecule has 0 aromatic heterocycles. The van der Waals surface area contributed by atoms with Gasteiger partial charge in [-0.2, -0.15) is 0 Å². The van der Waals surface area contributed by atoms with Gasteiger partial charge < -0.3 is 0 Å². The molecular weight excluding hydrogens is 262 g/mol. The van der Waals surface area contributed by atoms with Crippen LogP contribution in [0.15, 0.2) is 0 Å². The molecule has 0 aromatic rings. The SMILES string of the molecule is C[Si](C)(C)[CH2][In]([Cl])[Cl]. The Kier molecular flexibility index (Phi) is 4.52. The summed E-state index contributed by atoms with van der Waals surface area (Å²) < 4.78 is 1.21. The van der Waals surface area contributed by atoms with E-state index in [0.29, 0.717) is 0 Å². The first-order valence-electron chi connectivity index (χ1n) is 2.70. The third-order valence-electron chi connectivity index (χ3n) is 0.767. The predicted octanol–water partition coefficient (Wildman–Crippen LogP) is 2.83. The van der Waals surface area contributed by atoms with E-state index in [1.807, 2.05) is 0 Å². The van der Waals surface area contributed by atoms with E-state index in [0.717, 1.165) is 0 Å². The Balaban J connectivity index is 3.39. The zero-order valence-corrected chi connectivity index (χ0v) is 11.3. The fraction of sp³-hybridized carbons (Fsp3) is 1.00. The van der Waals surface area contributed by atoms with Crippen molar-refractivity contribution in [3.05, 3.63) is 0 Å². The van der Waals surface area contributed by atoms with Crippen LogP contribution >= 0.6 is 17.2 Å². The van der Waals surface area contributed by atoms with E-state index in [1.165, 1.54) is 3.80 Å². The second-order valence-electron chi connectivity index (χ2n) is 3.16. The van der Waals surface area contributed by atoms with Gasteiger partial charge >= 0.3 is 67.7 Å². The molecule has 0 nitrogen and oxygen atoms in total. The van der Waals surface area contributed by atoms with Gasteiger partial charge in [0, 0.05) is 0 Å². The van der Waals surface area contributed by atoms with E-state index in [4.69, 9.17) is 17.2 Å². The molecule has 0 aliphatic carbocycles. The maximum atomic E-state index is 5.77. The molecular formula is C4H11Cl2InSi. The molecule has 8 heavy (non-hydrogen) atoms. The minimum atomic E-state index is -1.87. The normalized spacial score (nSPS) is 11.6. The molecule has 0 aliphatic heterocycles. The maximum absolute atomic E-state index is 5.77. The summed E-state index contributed by atoms with van der Waals surface area (Å²) in [5.41, 5.74) is 0. The Morgan fingerprint density at radius 1 is 1.25 bits per heavy atom. The van der Waals surface area contributed by atoms with E-state index in [1.54, 1.807) is 0 Å². The van der Waals surface area contributed by atoms with Crippen molar-refractivity contribution < 1.29 is 0 Å². The Morgan fingerprint density at radius 3 is 1.62 bits per heavy atom. The first-order chi connectivity index (χ1) is 3.42. The van der Waals surface area contributed by atoms with Gasteiger partial charge in [0.2, 0.25) is 0 Å². The van der Waals surface area contributed by atoms with Crippen LogP contribution in [0.1, 0.15) is 0 Å². The fourth-order valence-electron chi connectivity index (χ4n) is 0.463. The molecule has 0 amide bonds. The van der Waals surface area contributed by atoms with E-state index in [2.05, 4.69) is 19.6 Å². The molecule has 0 heterocycles. The third-order valence-corrected chi connectivity index (χ3v) is 21.6. The fourth-order valence-corrected chi connectivity index (χ4v) is 27.9. The Labute approximate surface area is 67.3 Å². The van der Waals surface area contributed by atoms with E-state index < -0.39 is 27.1 Å². The molecule has 4 heteroatoms. The molecule has 48 valence electrons. The summed E-state index contributed by atoms with van der Waals surface area (Å²) in [5.74, 6) is 0. The summed E-state index contributed by atoms with van der Waals surface area (Å²) in [6, 6.07) is 0. The average molecular weight is 273 g/mol. The van der Waals surface area contributed by atoms with Gasteiger partial charge in [0.05, 0.1) is 0 Å². The van der Waals surface area contributed by atoms with Gasteiger partial charge in [0.25, 0.3) is 0 Å². The summed E-state index contributed by atoms with van der Waals surface area (Å²) in [7, 11) is 10.7. The molecule has 0 saturated heterocycles. The number of hydrogen-bond acceptors (Lipinski definition) is 0. The number of hydrogen-bond donors (Lipinski definition) is 0. The minimum absolute atomic E-state index is 0.891. The second-order valence-corrected chi connectivity index (χ2v) is 23.0. The van der Waals surface area contributed by atoms with Crippen LogP contribution in [-0.2, 0) is 0 Å². The molecule has 0 spiro atoms. The van der Waals surface area contributed by atoms with E-state index in [9.17, 15) is 0 Å². The molecule has 0 bridgehead atoms. The van der Waals surface area contributed by atoms with Gasteiger partial charge in [-0.1, -0.05) is 0 Å². The summed E-state index contributed by atoms with van der Waals surface area (Å²) in [6.07, 6.45) is 0. The first-order valence-corrected chi connectivity index (χ1v) is 17.1. The Hall–Kier alpha value is 1.67. The van der Waals surface area contributed by atoms with Crippen LogP contribution in [0.3, 0.4) is 0 Å². The second kappa shape index (κ2) is 3.74. The average Bonchev–Trinajstić information content (AvgIpc) is 1.21. The predicted molar refractivity (Wildman–Crippen MR) is 45.6 cm³/mol. The van der Waals surface area contributed by atoms with Crippen molar-refractivity contribution in [2.24, 2.45) is 0 Å². The number of halogens is 2. The van der Waals surface area contributed by atoms with Gasteiger partial charge in [0.15, 0.2) is 0 Å². The van der Waals surface area contributed by atoms with Crippen LogP contribution in [0, 0.1) is 0 Å². The van der Waals surface area contributed by atoms with Gasteiger partial charge in [0.1, 0.15) is 0 Å². The topological polar surface area (TPSA) is 0 Å². The molecule has 0 N–H and O–H groups in total. The van der Waals surface area contributed by atoms with Crippen LogP contribution in [0.25, 0.3) is 0 Å². The van der Waals surface area contributed by atoms with E-state index >= 15 is 0 Å². The molecule has 0 atom stereocenters. The van der Waals surface area contributed by atoms with Crippen LogP contribution in [-0.4, -0.2) is 27.1 Å². The van der Waals surface area contributed by atoms with Crippen LogP contribution < -0.4 is 0 Å². The van der Waals surface area contributed by atoms with Gasteiger partial charge in [-0.15, -0.1) is 0 Å². The molecule has 0 fully saturated rings. The van der Waals surface area contributed by atoms with E-state index in [-0.39, 0.29) is 0 Å². The number of rotatable bonds is 2. The van der Waals surface area contributed by atoms with Crippen molar-refractivity contribution >= 4 is 44.3 Å². The van der Waals surface area contributed by atoms with Crippen LogP contribution in [0.4, 0.5) is 0 Å². The molecule has 0 saturated carbocycles. The Morgan fingerprint density at radius 2 is 1.62 bits per heavy atom. The zero-order chi connectivity index (χ0) is 6.78. The van der Waals surface area contributed by atoms with Crippen molar-refractivity contribution in [2.45, 2.75) is 23.4 Å². The quantitative estimate of drug-likeness (QED) is 0.678. The van der Waals surface area contributed by atoms with Crippen LogP contribution in [0.2, 0.25) is 23.4 Å². The summed E-state index contributed by atoms with van der Waals surface area (Å²) in [6.45, 7) is 6.92. The van der Waals surface area contributed by atoms with Crippen molar-refractivity contribution in [2.75, 3.05) is 0 Å². The Bertz CT molecular complexity index is 68.9. The monoisotopic (exact) mass is 272 g/mol. The molecule has 0 aromatic carbocycles. The molecule has 0 radical (unpaired) electrons. The first kappa shape index (κ1) is 9.67. The zero-order valence-electron chi connectivity index (χ0n) is 5.54. The molecule has 0 aliphatic rings. The summed E-state index contributed by atoms with van der Waals surface area (Å²) >= 11 is -1.87. The van der Waals surface area contributed by atoms with Crippen molar-refractivity contribution in [1.29, 1.82) is 0 Å². The summed E-state index contributed by atoms with van der Waals surface area (Å²) in [5, 5.41) is 0. The van der Waals surface area contributed by atoms with Crippen LogP contribution in [0.5, 0.6) is 0 Å². The van der Waals surface area contributed by atoms with Crippen molar-refractivity contribution in [1.82, 2.24) is 0 Å². The standard InChI is InChI=1S/C4H11Si.2ClH.In/c1-5(2,3)4;;;/h1H2,2-4H3;2*1H;/q;;;+2/p-2. The molecule has 0 rings (SSSR count). The third kappa shape index (κ3) is 7.67. The van der Waals surface area contributed by atoms with Gasteiger partial charge in [-0.25, -0.2) is 0 Å². The van der Waals surface area contributed by atoms with Crippen molar-refractivity contribution in [3.8, 4) is 0 Å². The van der Waals surface area contributed by atoms with Crippen molar-refractivity contribution in [3.63, 3.8) is 0 Å². The summed E-state index contributed by atoms with van der Waals surface area (Å²) in [4.78, 5) is 0. The van der Waals surface area contributed by atoms with Gasteiger partial charge in [-0.3, -0.25) is 0 Å². The van der Waals surface area contributed by atoms with Gasteiger partial charge in [-0.05, 0) is 0 Å². The molecule has 0 unspecified atom stereocenters.